The third-order valence-corrected chi connectivity index (χ3v) is 4.77. The highest BCUT2D eigenvalue weighted by Crippen LogP contribution is 2.46. The lowest BCUT2D eigenvalue weighted by Crippen LogP contribution is -2.21. The molecule has 0 radical (unpaired) electrons. The monoisotopic (exact) mass is 358 g/mol. The van der Waals surface area contributed by atoms with E-state index in [1.54, 1.807) is 12.1 Å². The molecule has 0 saturated heterocycles. The fraction of sp³-hybridized carbons (Fsp3) is 0.381. The second kappa shape index (κ2) is 7.77. The van der Waals surface area contributed by atoms with Gasteiger partial charge in [-0.05, 0) is 48.6 Å². The third kappa shape index (κ3) is 4.97. The van der Waals surface area contributed by atoms with Crippen LogP contribution in [0, 0.1) is 11.2 Å². The number of carbonyl (C=O) groups is 1. The first-order valence-corrected chi connectivity index (χ1v) is 8.79. The van der Waals surface area contributed by atoms with Crippen LogP contribution in [0.15, 0.2) is 48.5 Å². The zero-order valence-corrected chi connectivity index (χ0v) is 14.8. The summed E-state index contributed by atoms with van der Waals surface area (Å²) < 4.78 is 24.8. The molecular formula is C21H23FO4. The Morgan fingerprint density at radius 1 is 1.12 bits per heavy atom. The summed E-state index contributed by atoms with van der Waals surface area (Å²) in [6.07, 6.45) is 2.16. The molecule has 3 rings (SSSR count). The van der Waals surface area contributed by atoms with Gasteiger partial charge in [-0.25, -0.2) is 4.39 Å². The number of carboxylic acids is 1. The second-order valence-corrected chi connectivity index (χ2v) is 7.10. The van der Waals surface area contributed by atoms with Crippen molar-refractivity contribution in [3.63, 3.8) is 0 Å². The maximum absolute atomic E-state index is 13.2. The fourth-order valence-corrected chi connectivity index (χ4v) is 2.81. The molecule has 1 aliphatic rings. The highest BCUT2D eigenvalue weighted by molar-refractivity contribution is 5.67. The van der Waals surface area contributed by atoms with Gasteiger partial charge in [-0.3, -0.25) is 4.79 Å². The van der Waals surface area contributed by atoms with Crippen LogP contribution in [0.1, 0.15) is 37.7 Å². The Labute approximate surface area is 152 Å². The van der Waals surface area contributed by atoms with Crippen LogP contribution in [0.3, 0.4) is 0 Å². The van der Waals surface area contributed by atoms with Gasteiger partial charge >= 0.3 is 5.97 Å². The van der Waals surface area contributed by atoms with Crippen LogP contribution in [0.25, 0.3) is 0 Å². The first-order chi connectivity index (χ1) is 12.5. The zero-order chi connectivity index (χ0) is 18.6. The van der Waals surface area contributed by atoms with Crippen LogP contribution in [0.2, 0.25) is 0 Å². The molecule has 2 aromatic carbocycles. The maximum Gasteiger partial charge on any atom is 0.303 e. The van der Waals surface area contributed by atoms with Gasteiger partial charge in [-0.15, -0.1) is 0 Å². The maximum atomic E-state index is 13.2. The SMILES string of the molecule is CC(CC(=O)O)c1ccc(OCC2(COc3cccc(F)c3)CC2)cc1. The lowest BCUT2D eigenvalue weighted by Gasteiger charge is -2.18. The van der Waals surface area contributed by atoms with E-state index in [1.165, 1.54) is 12.1 Å². The smallest absolute Gasteiger partial charge is 0.303 e. The topological polar surface area (TPSA) is 55.8 Å². The number of hydrogen-bond acceptors (Lipinski definition) is 3. The molecule has 0 aromatic heterocycles. The molecule has 1 saturated carbocycles. The Balaban J connectivity index is 1.49. The predicted molar refractivity (Wildman–Crippen MR) is 96.2 cm³/mol. The minimum Gasteiger partial charge on any atom is -0.493 e. The molecule has 26 heavy (non-hydrogen) atoms. The van der Waals surface area contributed by atoms with Crippen molar-refractivity contribution in [1.82, 2.24) is 0 Å². The Hall–Kier alpha value is -2.56. The van der Waals surface area contributed by atoms with Crippen LogP contribution in [-0.4, -0.2) is 24.3 Å². The molecule has 1 aliphatic carbocycles. The van der Waals surface area contributed by atoms with Crippen molar-refractivity contribution >= 4 is 5.97 Å². The highest BCUT2D eigenvalue weighted by atomic mass is 19.1. The Morgan fingerprint density at radius 3 is 2.35 bits per heavy atom. The average Bonchev–Trinajstić information content (AvgIpc) is 3.39. The summed E-state index contributed by atoms with van der Waals surface area (Å²) in [6.45, 7) is 2.95. The standard InChI is InChI=1S/C21H23FO4/c1-15(11-20(23)24)16-5-7-18(8-6-16)25-13-21(9-10-21)14-26-19-4-2-3-17(22)12-19/h2-8,12,15H,9-11,13-14H2,1H3,(H,23,24). The van der Waals surface area contributed by atoms with Gasteiger partial charge in [-0.1, -0.05) is 25.1 Å². The molecule has 1 unspecified atom stereocenters. The Kier molecular flexibility index (Phi) is 5.45. The zero-order valence-electron chi connectivity index (χ0n) is 14.8. The van der Waals surface area contributed by atoms with Crippen molar-refractivity contribution in [3.8, 4) is 11.5 Å². The normalized spacial score (nSPS) is 15.9. The van der Waals surface area contributed by atoms with Crippen molar-refractivity contribution in [2.75, 3.05) is 13.2 Å². The first-order valence-electron chi connectivity index (χ1n) is 8.79. The van der Waals surface area contributed by atoms with Crippen LogP contribution >= 0.6 is 0 Å². The minimum atomic E-state index is -0.799. The quantitative estimate of drug-likeness (QED) is 0.709. The molecule has 1 N–H and O–H groups in total. The number of rotatable bonds is 9. The summed E-state index contributed by atoms with van der Waals surface area (Å²) in [4.78, 5) is 10.8. The van der Waals surface area contributed by atoms with E-state index in [0.717, 1.165) is 24.2 Å². The molecule has 1 atom stereocenters. The van der Waals surface area contributed by atoms with E-state index < -0.39 is 5.97 Å². The molecule has 2 aromatic rings. The average molecular weight is 358 g/mol. The third-order valence-electron chi connectivity index (χ3n) is 4.77. The summed E-state index contributed by atoms with van der Waals surface area (Å²) in [5.74, 6) is 0.157. The van der Waals surface area contributed by atoms with Gasteiger partial charge in [0.05, 0.1) is 19.6 Å². The number of benzene rings is 2. The van der Waals surface area contributed by atoms with Gasteiger partial charge in [0, 0.05) is 11.5 Å². The van der Waals surface area contributed by atoms with Crippen LogP contribution in [0.5, 0.6) is 11.5 Å². The van der Waals surface area contributed by atoms with Gasteiger partial charge in [0.25, 0.3) is 0 Å². The van der Waals surface area contributed by atoms with Gasteiger partial charge in [0.1, 0.15) is 17.3 Å². The molecule has 1 fully saturated rings. The van der Waals surface area contributed by atoms with Gasteiger partial charge in [-0.2, -0.15) is 0 Å². The molecule has 0 amide bonds. The Morgan fingerprint density at radius 2 is 1.77 bits per heavy atom. The molecular weight excluding hydrogens is 335 g/mol. The predicted octanol–water partition coefficient (Wildman–Crippen LogP) is 4.64. The minimum absolute atomic E-state index is 0.0123. The number of aliphatic carboxylic acids is 1. The molecule has 5 heteroatoms. The Bertz CT molecular complexity index is 753. The van der Waals surface area contributed by atoms with E-state index in [9.17, 15) is 9.18 Å². The van der Waals surface area contributed by atoms with E-state index >= 15 is 0 Å². The van der Waals surface area contributed by atoms with Crippen molar-refractivity contribution < 1.29 is 23.8 Å². The van der Waals surface area contributed by atoms with Crippen molar-refractivity contribution in [1.29, 1.82) is 0 Å². The number of hydrogen-bond donors (Lipinski definition) is 1. The van der Waals surface area contributed by atoms with E-state index in [-0.39, 0.29) is 23.6 Å². The molecule has 0 heterocycles. The van der Waals surface area contributed by atoms with E-state index in [2.05, 4.69) is 0 Å². The van der Waals surface area contributed by atoms with Crippen molar-refractivity contribution in [3.05, 3.63) is 59.9 Å². The molecule has 0 aliphatic heterocycles. The van der Waals surface area contributed by atoms with Crippen LogP contribution < -0.4 is 9.47 Å². The van der Waals surface area contributed by atoms with E-state index in [1.807, 2.05) is 31.2 Å². The van der Waals surface area contributed by atoms with E-state index in [4.69, 9.17) is 14.6 Å². The summed E-state index contributed by atoms with van der Waals surface area (Å²) in [7, 11) is 0. The summed E-state index contributed by atoms with van der Waals surface area (Å²) >= 11 is 0. The van der Waals surface area contributed by atoms with Crippen LogP contribution in [-0.2, 0) is 4.79 Å². The fourth-order valence-electron chi connectivity index (χ4n) is 2.81. The summed E-state index contributed by atoms with van der Waals surface area (Å²) in [6, 6.07) is 13.7. The van der Waals surface area contributed by atoms with Crippen molar-refractivity contribution in [2.45, 2.75) is 32.1 Å². The summed E-state index contributed by atoms with van der Waals surface area (Å²) in [5.41, 5.74) is 0.969. The van der Waals surface area contributed by atoms with Gasteiger partial charge in [0.15, 0.2) is 0 Å². The number of halogens is 1. The lowest BCUT2D eigenvalue weighted by molar-refractivity contribution is -0.137. The molecule has 0 spiro atoms. The first kappa shape index (κ1) is 18.2. The van der Waals surface area contributed by atoms with Gasteiger partial charge in [0.2, 0.25) is 0 Å². The van der Waals surface area contributed by atoms with E-state index in [0.29, 0.717) is 19.0 Å². The number of ether oxygens (including phenoxy) is 2. The summed E-state index contributed by atoms with van der Waals surface area (Å²) in [5, 5.41) is 8.87. The second-order valence-electron chi connectivity index (χ2n) is 7.10. The van der Waals surface area contributed by atoms with Crippen LogP contribution in [0.4, 0.5) is 4.39 Å². The largest absolute Gasteiger partial charge is 0.493 e. The number of carboxylic acid groups (broad SMARTS) is 1. The molecule has 0 bridgehead atoms. The van der Waals surface area contributed by atoms with Crippen molar-refractivity contribution in [2.24, 2.45) is 5.41 Å². The molecule has 138 valence electrons. The molecule has 4 nitrogen and oxygen atoms in total. The lowest BCUT2D eigenvalue weighted by atomic mass is 9.98. The van der Waals surface area contributed by atoms with Gasteiger partial charge < -0.3 is 14.6 Å². The highest BCUT2D eigenvalue weighted by Gasteiger charge is 2.44.